The molecule has 0 bridgehead atoms. The summed E-state index contributed by atoms with van der Waals surface area (Å²) in [5.41, 5.74) is 5.65. The van der Waals surface area contributed by atoms with Crippen LogP contribution in [0.25, 0.3) is 0 Å². The molecule has 1 heterocycles. The smallest absolute Gasteiger partial charge is 0.277 e. The number of nitrogens with zero attached hydrogens (tertiary/aromatic N) is 2. The molecular weight excluding hydrogens is 359 g/mol. The lowest BCUT2D eigenvalue weighted by molar-refractivity contribution is -0.113. The first kappa shape index (κ1) is 16.4. The normalized spacial score (nSPS) is 10.7. The summed E-state index contributed by atoms with van der Waals surface area (Å²) in [5.74, 6) is 0.0434. The lowest BCUT2D eigenvalue weighted by Crippen LogP contribution is -2.14. The Bertz CT molecular complexity index is 642. The number of anilines is 1. The summed E-state index contributed by atoms with van der Waals surface area (Å²) in [4.78, 5) is 11.9. The van der Waals surface area contributed by atoms with E-state index in [1.165, 1.54) is 12.1 Å². The molecule has 21 heavy (non-hydrogen) atoms. The maximum atomic E-state index is 11.9. The second-order valence-corrected chi connectivity index (χ2v) is 5.92. The maximum absolute atomic E-state index is 11.9. The molecule has 1 aromatic carbocycles. The number of rotatable bonds is 5. The lowest BCUT2D eigenvalue weighted by atomic mass is 10.3. The van der Waals surface area contributed by atoms with E-state index in [9.17, 15) is 4.79 Å². The molecular formula is C11H9Cl3N4O2S. The third-order valence-corrected chi connectivity index (χ3v) is 3.85. The van der Waals surface area contributed by atoms with Crippen molar-refractivity contribution in [1.82, 2.24) is 10.2 Å². The van der Waals surface area contributed by atoms with Gasteiger partial charge >= 0.3 is 0 Å². The third kappa shape index (κ3) is 4.49. The number of carbonyl (C=O) groups excluding carboxylic acids is 1. The van der Waals surface area contributed by atoms with Crippen molar-refractivity contribution in [3.63, 3.8) is 0 Å². The van der Waals surface area contributed by atoms with Gasteiger partial charge in [0.15, 0.2) is 0 Å². The fourth-order valence-corrected chi connectivity index (χ4v) is 2.84. The number of aromatic nitrogens is 2. The van der Waals surface area contributed by atoms with Gasteiger partial charge in [-0.1, -0.05) is 46.6 Å². The van der Waals surface area contributed by atoms with Crippen LogP contribution >= 0.6 is 46.6 Å². The second kappa shape index (κ2) is 7.33. The largest absolute Gasteiger partial charge is 0.415 e. The van der Waals surface area contributed by atoms with E-state index >= 15 is 0 Å². The Labute approximate surface area is 139 Å². The summed E-state index contributed by atoms with van der Waals surface area (Å²) in [6.45, 7) is 0.149. The van der Waals surface area contributed by atoms with E-state index in [0.717, 1.165) is 11.8 Å². The fraction of sp³-hybridized carbons (Fsp3) is 0.182. The van der Waals surface area contributed by atoms with Crippen LogP contribution in [-0.2, 0) is 11.3 Å². The molecule has 0 aliphatic carbocycles. The van der Waals surface area contributed by atoms with E-state index in [-0.39, 0.29) is 33.5 Å². The molecule has 0 saturated carbocycles. The summed E-state index contributed by atoms with van der Waals surface area (Å²) in [6.07, 6.45) is 0. The number of nitrogens with one attached hydrogen (secondary N) is 1. The van der Waals surface area contributed by atoms with Crippen LogP contribution in [0.1, 0.15) is 5.89 Å². The minimum Gasteiger partial charge on any atom is -0.415 e. The van der Waals surface area contributed by atoms with Gasteiger partial charge < -0.3 is 15.5 Å². The first-order valence-electron chi connectivity index (χ1n) is 5.59. The van der Waals surface area contributed by atoms with Crippen molar-refractivity contribution in [2.75, 3.05) is 11.1 Å². The van der Waals surface area contributed by atoms with Crippen molar-refractivity contribution in [2.45, 2.75) is 11.8 Å². The fourth-order valence-electron chi connectivity index (χ4n) is 1.34. The van der Waals surface area contributed by atoms with Crippen LogP contribution in [0.3, 0.4) is 0 Å². The molecule has 0 aliphatic heterocycles. The summed E-state index contributed by atoms with van der Waals surface area (Å²) < 4.78 is 5.16. The van der Waals surface area contributed by atoms with E-state index in [2.05, 4.69) is 15.5 Å². The quantitative estimate of drug-likeness (QED) is 0.788. The van der Waals surface area contributed by atoms with Crippen LogP contribution in [0.15, 0.2) is 21.8 Å². The Balaban J connectivity index is 1.96. The van der Waals surface area contributed by atoms with Gasteiger partial charge in [0, 0.05) is 5.02 Å². The number of hydrogen-bond acceptors (Lipinski definition) is 6. The van der Waals surface area contributed by atoms with E-state index in [1.54, 1.807) is 0 Å². The molecule has 1 amide bonds. The van der Waals surface area contributed by atoms with Crippen LogP contribution in [0.4, 0.5) is 5.69 Å². The molecule has 0 unspecified atom stereocenters. The van der Waals surface area contributed by atoms with E-state index in [0.29, 0.717) is 16.6 Å². The van der Waals surface area contributed by atoms with Crippen molar-refractivity contribution < 1.29 is 9.21 Å². The predicted molar refractivity (Wildman–Crippen MR) is 83.0 cm³/mol. The zero-order chi connectivity index (χ0) is 15.4. The van der Waals surface area contributed by atoms with E-state index in [1.807, 2.05) is 0 Å². The molecule has 112 valence electrons. The zero-order valence-corrected chi connectivity index (χ0v) is 13.5. The Morgan fingerprint density at radius 3 is 2.52 bits per heavy atom. The number of hydrogen-bond donors (Lipinski definition) is 2. The van der Waals surface area contributed by atoms with Gasteiger partial charge in [-0.3, -0.25) is 4.79 Å². The molecule has 3 N–H and O–H groups in total. The van der Waals surface area contributed by atoms with Crippen molar-refractivity contribution in [3.8, 4) is 0 Å². The molecule has 0 radical (unpaired) electrons. The number of amides is 1. The minimum atomic E-state index is -0.321. The first-order valence-corrected chi connectivity index (χ1v) is 7.71. The van der Waals surface area contributed by atoms with Gasteiger partial charge in [-0.2, -0.15) is 0 Å². The molecule has 0 fully saturated rings. The third-order valence-electron chi connectivity index (χ3n) is 2.22. The van der Waals surface area contributed by atoms with Crippen LogP contribution in [-0.4, -0.2) is 21.9 Å². The highest BCUT2D eigenvalue weighted by molar-refractivity contribution is 7.99. The molecule has 10 heteroatoms. The standard InChI is InChI=1S/C11H9Cl3N4O2S/c12-5-1-6(13)10(7(14)2-5)16-8(19)4-21-11-18-17-9(3-15)20-11/h1-2H,3-4,15H2,(H,16,19). The van der Waals surface area contributed by atoms with Gasteiger partial charge in [-0.05, 0) is 12.1 Å². The molecule has 0 spiro atoms. The van der Waals surface area contributed by atoms with Crippen LogP contribution in [0.2, 0.25) is 15.1 Å². The average Bonchev–Trinajstić information content (AvgIpc) is 2.88. The van der Waals surface area contributed by atoms with E-state index in [4.69, 9.17) is 45.0 Å². The summed E-state index contributed by atoms with van der Waals surface area (Å²) in [5, 5.41) is 11.2. The van der Waals surface area contributed by atoms with Gasteiger partial charge in [-0.25, -0.2) is 0 Å². The van der Waals surface area contributed by atoms with Gasteiger partial charge in [0.1, 0.15) is 0 Å². The SMILES string of the molecule is NCc1nnc(SCC(=O)Nc2c(Cl)cc(Cl)cc2Cl)o1. The highest BCUT2D eigenvalue weighted by atomic mass is 35.5. The first-order chi connectivity index (χ1) is 9.99. The number of benzene rings is 1. The highest BCUT2D eigenvalue weighted by Gasteiger charge is 2.13. The summed E-state index contributed by atoms with van der Waals surface area (Å²) >= 11 is 18.8. The Morgan fingerprint density at radius 1 is 1.29 bits per heavy atom. The number of nitrogens with two attached hydrogens (primary N) is 1. The topological polar surface area (TPSA) is 94.0 Å². The van der Waals surface area contributed by atoms with Crippen molar-refractivity contribution >= 4 is 58.2 Å². The molecule has 0 aliphatic rings. The van der Waals surface area contributed by atoms with Crippen molar-refractivity contribution in [3.05, 3.63) is 33.1 Å². The Hall–Kier alpha value is -0.990. The van der Waals surface area contributed by atoms with Gasteiger partial charge in [0.05, 0.1) is 28.0 Å². The second-order valence-electron chi connectivity index (χ2n) is 3.75. The molecule has 2 rings (SSSR count). The summed E-state index contributed by atoms with van der Waals surface area (Å²) in [7, 11) is 0. The number of thioether (sulfide) groups is 1. The van der Waals surface area contributed by atoms with Crippen molar-refractivity contribution in [2.24, 2.45) is 5.73 Å². The van der Waals surface area contributed by atoms with Crippen LogP contribution in [0, 0.1) is 0 Å². The number of halogens is 3. The molecule has 0 saturated heterocycles. The Morgan fingerprint density at radius 2 is 1.95 bits per heavy atom. The monoisotopic (exact) mass is 366 g/mol. The minimum absolute atomic E-state index is 0.0570. The lowest BCUT2D eigenvalue weighted by Gasteiger charge is -2.09. The highest BCUT2D eigenvalue weighted by Crippen LogP contribution is 2.33. The maximum Gasteiger partial charge on any atom is 0.277 e. The average molecular weight is 368 g/mol. The van der Waals surface area contributed by atoms with Gasteiger partial charge in [-0.15, -0.1) is 10.2 Å². The Kier molecular flexibility index (Phi) is 5.72. The van der Waals surface area contributed by atoms with E-state index < -0.39 is 0 Å². The summed E-state index contributed by atoms with van der Waals surface area (Å²) in [6, 6.07) is 2.98. The molecule has 1 aromatic heterocycles. The van der Waals surface area contributed by atoms with Gasteiger partial charge in [0.25, 0.3) is 5.22 Å². The predicted octanol–water partition coefficient (Wildman–Crippen LogP) is 3.22. The molecule has 0 atom stereocenters. The van der Waals surface area contributed by atoms with Crippen LogP contribution < -0.4 is 11.1 Å². The molecule has 2 aromatic rings. The van der Waals surface area contributed by atoms with Crippen molar-refractivity contribution in [1.29, 1.82) is 0 Å². The molecule has 6 nitrogen and oxygen atoms in total. The zero-order valence-electron chi connectivity index (χ0n) is 10.4. The van der Waals surface area contributed by atoms with Gasteiger partial charge in [0.2, 0.25) is 11.8 Å². The van der Waals surface area contributed by atoms with Crippen LogP contribution in [0.5, 0.6) is 0 Å². The number of carbonyl (C=O) groups is 1.